The molecule has 1 rings (SSSR count). The molecule has 0 spiro atoms. The maximum absolute atomic E-state index is 11.3. The minimum Gasteiger partial charge on any atom is -0.370 e. The van der Waals surface area contributed by atoms with Gasteiger partial charge >= 0.3 is 0 Å². The topological polar surface area (TPSA) is 61.9 Å². The molecule has 0 aromatic carbocycles. The lowest BCUT2D eigenvalue weighted by atomic mass is 10.5. The summed E-state index contributed by atoms with van der Waals surface area (Å²) in [5.74, 6) is 2.63. The van der Waals surface area contributed by atoms with Gasteiger partial charge in [-0.1, -0.05) is 0 Å². The van der Waals surface area contributed by atoms with E-state index in [-0.39, 0.29) is 12.5 Å². The van der Waals surface area contributed by atoms with Gasteiger partial charge in [0.05, 0.1) is 0 Å². The standard InChI is InChI=1S/C9H18N4OS/c1-12(2)8(14)7-11-9(10)13-3-5-15-6-4-13/h3-7H2,1-2H3,(H2,10,11). The van der Waals surface area contributed by atoms with Crippen molar-refractivity contribution in [3.8, 4) is 0 Å². The highest BCUT2D eigenvalue weighted by Crippen LogP contribution is 2.08. The first-order chi connectivity index (χ1) is 7.11. The van der Waals surface area contributed by atoms with Crippen LogP contribution in [-0.4, -0.2) is 66.9 Å². The van der Waals surface area contributed by atoms with Crippen molar-refractivity contribution in [1.29, 1.82) is 0 Å². The van der Waals surface area contributed by atoms with Gasteiger partial charge in [0.15, 0.2) is 5.96 Å². The van der Waals surface area contributed by atoms with E-state index in [2.05, 4.69) is 4.99 Å². The Morgan fingerprint density at radius 2 is 2.07 bits per heavy atom. The van der Waals surface area contributed by atoms with E-state index in [1.807, 2.05) is 16.7 Å². The van der Waals surface area contributed by atoms with Crippen LogP contribution in [-0.2, 0) is 4.79 Å². The molecule has 5 nitrogen and oxygen atoms in total. The third kappa shape index (κ3) is 3.99. The molecule has 0 unspecified atom stereocenters. The van der Waals surface area contributed by atoms with Crippen molar-refractivity contribution in [3.05, 3.63) is 0 Å². The third-order valence-corrected chi connectivity index (χ3v) is 3.15. The SMILES string of the molecule is CN(C)C(=O)CN=C(N)N1CCSCC1. The van der Waals surface area contributed by atoms with Gasteiger partial charge in [0.1, 0.15) is 6.54 Å². The lowest BCUT2D eigenvalue weighted by Crippen LogP contribution is -2.43. The van der Waals surface area contributed by atoms with Crippen LogP contribution in [0.2, 0.25) is 0 Å². The summed E-state index contributed by atoms with van der Waals surface area (Å²) in [6.07, 6.45) is 0. The van der Waals surface area contributed by atoms with Crippen molar-refractivity contribution in [2.45, 2.75) is 0 Å². The molecule has 1 aliphatic heterocycles. The first-order valence-corrected chi connectivity index (χ1v) is 6.09. The van der Waals surface area contributed by atoms with Crippen LogP contribution in [0, 0.1) is 0 Å². The van der Waals surface area contributed by atoms with E-state index in [1.54, 1.807) is 14.1 Å². The summed E-state index contributed by atoms with van der Waals surface area (Å²) in [6.45, 7) is 1.99. The van der Waals surface area contributed by atoms with E-state index in [0.717, 1.165) is 24.6 Å². The van der Waals surface area contributed by atoms with Crippen LogP contribution in [0.3, 0.4) is 0 Å². The number of amides is 1. The molecule has 1 amide bonds. The molecular formula is C9H18N4OS. The number of rotatable bonds is 2. The van der Waals surface area contributed by atoms with Crippen LogP contribution < -0.4 is 5.73 Å². The smallest absolute Gasteiger partial charge is 0.243 e. The molecule has 0 aliphatic carbocycles. The molecule has 1 saturated heterocycles. The van der Waals surface area contributed by atoms with Gasteiger partial charge < -0.3 is 15.5 Å². The lowest BCUT2D eigenvalue weighted by Gasteiger charge is -2.27. The second kappa shape index (κ2) is 5.85. The summed E-state index contributed by atoms with van der Waals surface area (Å²) < 4.78 is 0. The molecule has 1 heterocycles. The Morgan fingerprint density at radius 3 is 2.60 bits per heavy atom. The van der Waals surface area contributed by atoms with Crippen LogP contribution in [0.15, 0.2) is 4.99 Å². The fourth-order valence-corrected chi connectivity index (χ4v) is 2.09. The molecule has 0 radical (unpaired) electrons. The summed E-state index contributed by atoms with van der Waals surface area (Å²) in [4.78, 5) is 18.9. The number of hydrogen-bond donors (Lipinski definition) is 1. The van der Waals surface area contributed by atoms with Gasteiger partial charge in [-0.2, -0.15) is 11.8 Å². The van der Waals surface area contributed by atoms with Crippen molar-refractivity contribution < 1.29 is 4.79 Å². The van der Waals surface area contributed by atoms with Crippen LogP contribution in [0.1, 0.15) is 0 Å². The van der Waals surface area contributed by atoms with E-state index >= 15 is 0 Å². The Kier molecular flexibility index (Phi) is 4.74. The Hall–Kier alpha value is -0.910. The Labute approximate surface area is 94.7 Å². The highest BCUT2D eigenvalue weighted by molar-refractivity contribution is 7.99. The van der Waals surface area contributed by atoms with Gasteiger partial charge in [0.25, 0.3) is 0 Å². The first-order valence-electron chi connectivity index (χ1n) is 4.94. The highest BCUT2D eigenvalue weighted by atomic mass is 32.2. The third-order valence-electron chi connectivity index (χ3n) is 2.21. The van der Waals surface area contributed by atoms with Gasteiger partial charge in [-0.15, -0.1) is 0 Å². The van der Waals surface area contributed by atoms with E-state index in [9.17, 15) is 4.79 Å². The van der Waals surface area contributed by atoms with E-state index in [1.165, 1.54) is 4.90 Å². The van der Waals surface area contributed by atoms with Crippen molar-refractivity contribution in [1.82, 2.24) is 9.80 Å². The van der Waals surface area contributed by atoms with Gasteiger partial charge in [-0.3, -0.25) is 4.79 Å². The summed E-state index contributed by atoms with van der Waals surface area (Å²) >= 11 is 1.92. The largest absolute Gasteiger partial charge is 0.370 e. The highest BCUT2D eigenvalue weighted by Gasteiger charge is 2.12. The summed E-state index contributed by atoms with van der Waals surface area (Å²) in [5, 5.41) is 0. The Bertz CT molecular complexity index is 248. The van der Waals surface area contributed by atoms with Crippen molar-refractivity contribution in [2.24, 2.45) is 10.7 Å². The zero-order valence-electron chi connectivity index (χ0n) is 9.27. The van der Waals surface area contributed by atoms with Crippen LogP contribution in [0.25, 0.3) is 0 Å². The number of thioether (sulfide) groups is 1. The van der Waals surface area contributed by atoms with Crippen molar-refractivity contribution in [2.75, 3.05) is 45.2 Å². The van der Waals surface area contributed by atoms with Crippen LogP contribution in [0.4, 0.5) is 0 Å². The number of carbonyl (C=O) groups excluding carboxylic acids is 1. The number of nitrogens with two attached hydrogens (primary N) is 1. The van der Waals surface area contributed by atoms with Crippen molar-refractivity contribution >= 4 is 23.6 Å². The summed E-state index contributed by atoms with van der Waals surface area (Å²) in [6, 6.07) is 0. The first kappa shape index (κ1) is 12.2. The normalized spacial score (nSPS) is 17.7. The number of nitrogens with zero attached hydrogens (tertiary/aromatic N) is 3. The molecule has 15 heavy (non-hydrogen) atoms. The molecule has 1 fully saturated rings. The predicted octanol–water partition coefficient (Wildman–Crippen LogP) is -0.562. The molecule has 0 aromatic rings. The second-order valence-electron chi connectivity index (χ2n) is 3.56. The van der Waals surface area contributed by atoms with E-state index in [0.29, 0.717) is 5.96 Å². The number of aliphatic imine (C=N–C) groups is 1. The van der Waals surface area contributed by atoms with Gasteiger partial charge in [0.2, 0.25) is 5.91 Å². The van der Waals surface area contributed by atoms with Gasteiger partial charge in [0, 0.05) is 38.7 Å². The second-order valence-corrected chi connectivity index (χ2v) is 4.79. The Balaban J connectivity index is 2.40. The van der Waals surface area contributed by atoms with Crippen LogP contribution >= 0.6 is 11.8 Å². The molecule has 0 atom stereocenters. The fraction of sp³-hybridized carbons (Fsp3) is 0.778. The number of carbonyl (C=O) groups is 1. The summed E-state index contributed by atoms with van der Waals surface area (Å²) in [7, 11) is 3.43. The quantitative estimate of drug-likeness (QED) is 0.510. The zero-order chi connectivity index (χ0) is 11.3. The van der Waals surface area contributed by atoms with Crippen LogP contribution in [0.5, 0.6) is 0 Å². The molecule has 86 valence electrons. The molecule has 1 aliphatic rings. The number of likely N-dealkylation sites (N-methyl/N-ethyl adjacent to an activating group) is 1. The van der Waals surface area contributed by atoms with Gasteiger partial charge in [-0.05, 0) is 0 Å². The number of hydrogen-bond acceptors (Lipinski definition) is 3. The zero-order valence-corrected chi connectivity index (χ0v) is 10.1. The molecular weight excluding hydrogens is 212 g/mol. The lowest BCUT2D eigenvalue weighted by molar-refractivity contribution is -0.127. The average molecular weight is 230 g/mol. The minimum absolute atomic E-state index is 0.0238. The monoisotopic (exact) mass is 230 g/mol. The van der Waals surface area contributed by atoms with E-state index in [4.69, 9.17) is 5.73 Å². The summed E-state index contributed by atoms with van der Waals surface area (Å²) in [5.41, 5.74) is 5.79. The van der Waals surface area contributed by atoms with E-state index < -0.39 is 0 Å². The Morgan fingerprint density at radius 1 is 1.47 bits per heavy atom. The molecule has 0 aromatic heterocycles. The maximum atomic E-state index is 11.3. The molecule has 6 heteroatoms. The average Bonchev–Trinajstić information content (AvgIpc) is 2.26. The number of guanidine groups is 1. The van der Waals surface area contributed by atoms with Crippen molar-refractivity contribution in [3.63, 3.8) is 0 Å². The predicted molar refractivity (Wildman–Crippen MR) is 64.1 cm³/mol. The fourth-order valence-electron chi connectivity index (χ4n) is 1.18. The maximum Gasteiger partial charge on any atom is 0.243 e. The van der Waals surface area contributed by atoms with Gasteiger partial charge in [-0.25, -0.2) is 4.99 Å². The molecule has 0 bridgehead atoms. The molecule has 0 saturated carbocycles. The molecule has 2 N–H and O–H groups in total. The minimum atomic E-state index is -0.0238.